The third-order valence-electron chi connectivity index (χ3n) is 16.1. The number of benzene rings is 10. The Morgan fingerprint density at radius 2 is 0.812 bits per heavy atom. The van der Waals surface area contributed by atoms with E-state index in [4.69, 9.17) is 11.6 Å². The van der Waals surface area contributed by atoms with Crippen LogP contribution in [0.3, 0.4) is 0 Å². The van der Waals surface area contributed by atoms with Gasteiger partial charge in [0.25, 0.3) is 0 Å². The highest BCUT2D eigenvalue weighted by molar-refractivity contribution is 6.31. The molecule has 69 heavy (non-hydrogen) atoms. The van der Waals surface area contributed by atoms with Gasteiger partial charge in [-0.05, 0) is 180 Å². The smallest absolute Gasteiger partial charge is 0.0633 e. The molecule has 0 saturated carbocycles. The van der Waals surface area contributed by atoms with E-state index in [0.29, 0.717) is 0 Å². The summed E-state index contributed by atoms with van der Waals surface area (Å²) >= 11 is 6.42. The maximum Gasteiger partial charge on any atom is 0.0633 e. The predicted molar refractivity (Wildman–Crippen MR) is 291 cm³/mol. The van der Waals surface area contributed by atoms with E-state index in [1.54, 1.807) is 0 Å². The van der Waals surface area contributed by atoms with Gasteiger partial charge in [0.05, 0.1) is 16.4 Å². The van der Waals surface area contributed by atoms with E-state index >= 15 is 0 Å². The fourth-order valence-corrected chi connectivity index (χ4v) is 12.9. The molecule has 0 bridgehead atoms. The predicted octanol–water partition coefficient (Wildman–Crippen LogP) is 17.5. The summed E-state index contributed by atoms with van der Waals surface area (Å²) in [6.07, 6.45) is 5.38. The SMILES string of the molecule is CC1(C)c2cc3c(cc2-c2cc4c5ccccc5c5ccccc5c4cc21)Cc1ncccc1-3.CC1(C)c2ccc(Cc3ncccc3Cl)cc2-c2cc3c4ccccc4c4ccccc4c3cc21. The van der Waals surface area contributed by atoms with Crippen molar-refractivity contribution in [1.82, 2.24) is 9.97 Å². The minimum Gasteiger partial charge on any atom is -0.260 e. The molecule has 0 aliphatic heterocycles. The van der Waals surface area contributed by atoms with Crippen molar-refractivity contribution in [3.05, 3.63) is 238 Å². The van der Waals surface area contributed by atoms with Gasteiger partial charge in [0, 0.05) is 41.6 Å². The molecule has 2 heterocycles. The molecule has 0 saturated heterocycles. The monoisotopic (exact) mass is 902 g/mol. The molecular weight excluding hydrogens is 856 g/mol. The van der Waals surface area contributed by atoms with Crippen LogP contribution in [0.2, 0.25) is 5.02 Å². The Hall–Kier alpha value is -7.65. The first-order chi connectivity index (χ1) is 33.6. The van der Waals surface area contributed by atoms with Gasteiger partial charge in [-0.3, -0.25) is 9.97 Å². The zero-order valence-electron chi connectivity index (χ0n) is 39.1. The van der Waals surface area contributed by atoms with Gasteiger partial charge in [0.1, 0.15) is 0 Å². The molecular formula is C66H47ClN2. The Labute approximate surface area is 406 Å². The summed E-state index contributed by atoms with van der Waals surface area (Å²) in [6.45, 7) is 9.47. The highest BCUT2D eigenvalue weighted by atomic mass is 35.5. The molecule has 3 aliphatic rings. The van der Waals surface area contributed by atoms with Gasteiger partial charge in [-0.1, -0.05) is 161 Å². The van der Waals surface area contributed by atoms with Gasteiger partial charge in [-0.25, -0.2) is 0 Å². The number of hydrogen-bond acceptors (Lipinski definition) is 2. The number of fused-ring (bicyclic) bond motifs is 21. The molecule has 15 rings (SSSR count). The highest BCUT2D eigenvalue weighted by Gasteiger charge is 2.39. The van der Waals surface area contributed by atoms with E-state index in [9.17, 15) is 0 Å². The first-order valence-corrected chi connectivity index (χ1v) is 24.6. The van der Waals surface area contributed by atoms with Crippen molar-refractivity contribution in [3.63, 3.8) is 0 Å². The molecule has 2 nitrogen and oxygen atoms in total. The molecule has 10 aromatic carbocycles. The van der Waals surface area contributed by atoms with Crippen LogP contribution in [-0.2, 0) is 23.7 Å². The van der Waals surface area contributed by atoms with E-state index in [-0.39, 0.29) is 10.8 Å². The zero-order valence-corrected chi connectivity index (χ0v) is 39.8. The zero-order chi connectivity index (χ0) is 46.3. The number of rotatable bonds is 2. The van der Waals surface area contributed by atoms with Crippen molar-refractivity contribution in [3.8, 4) is 33.4 Å². The Bertz CT molecular complexity index is 4210. The number of halogens is 1. The first-order valence-electron chi connectivity index (χ1n) is 24.2. The average molecular weight is 904 g/mol. The summed E-state index contributed by atoms with van der Waals surface area (Å²) in [5.41, 5.74) is 18.4. The van der Waals surface area contributed by atoms with Crippen molar-refractivity contribution in [2.45, 2.75) is 51.4 Å². The summed E-state index contributed by atoms with van der Waals surface area (Å²) < 4.78 is 0. The number of nitrogens with zero attached hydrogens (tertiary/aromatic N) is 2. The largest absolute Gasteiger partial charge is 0.260 e. The molecule has 0 atom stereocenters. The third kappa shape index (κ3) is 5.85. The van der Waals surface area contributed by atoms with Crippen molar-refractivity contribution >= 4 is 76.2 Å². The van der Waals surface area contributed by atoms with E-state index in [2.05, 4.69) is 201 Å². The van der Waals surface area contributed by atoms with Crippen molar-refractivity contribution < 1.29 is 0 Å². The van der Waals surface area contributed by atoms with E-state index in [0.717, 1.165) is 23.6 Å². The Morgan fingerprint density at radius 1 is 0.377 bits per heavy atom. The molecule has 0 unspecified atom stereocenters. The van der Waals surface area contributed by atoms with Crippen molar-refractivity contribution in [2.24, 2.45) is 0 Å². The van der Waals surface area contributed by atoms with Crippen LogP contribution in [0.1, 0.15) is 72.5 Å². The molecule has 0 amide bonds. The van der Waals surface area contributed by atoms with Crippen LogP contribution in [0.15, 0.2) is 188 Å². The Morgan fingerprint density at radius 3 is 1.35 bits per heavy atom. The van der Waals surface area contributed by atoms with Crippen LogP contribution >= 0.6 is 11.6 Å². The van der Waals surface area contributed by atoms with E-state index in [1.807, 2.05) is 24.5 Å². The van der Waals surface area contributed by atoms with Crippen LogP contribution in [0.4, 0.5) is 0 Å². The third-order valence-corrected chi connectivity index (χ3v) is 16.5. The normalized spacial score (nSPS) is 14.4. The summed E-state index contributed by atoms with van der Waals surface area (Å²) in [4.78, 5) is 9.17. The minimum absolute atomic E-state index is 0.0500. The first kappa shape index (κ1) is 40.4. The lowest BCUT2D eigenvalue weighted by atomic mass is 9.80. The molecule has 0 fully saturated rings. The van der Waals surface area contributed by atoms with E-state index < -0.39 is 0 Å². The van der Waals surface area contributed by atoms with Crippen LogP contribution in [0.5, 0.6) is 0 Å². The summed E-state index contributed by atoms with van der Waals surface area (Å²) in [6, 6.07) is 65.1. The van der Waals surface area contributed by atoms with Gasteiger partial charge in [0.2, 0.25) is 0 Å². The second-order valence-corrected chi connectivity index (χ2v) is 20.9. The lowest BCUT2D eigenvalue weighted by Gasteiger charge is -2.23. The van der Waals surface area contributed by atoms with Gasteiger partial charge < -0.3 is 0 Å². The van der Waals surface area contributed by atoms with Gasteiger partial charge in [-0.15, -0.1) is 0 Å². The maximum absolute atomic E-state index is 6.42. The molecule has 3 heteroatoms. The van der Waals surface area contributed by atoms with Crippen LogP contribution in [-0.4, -0.2) is 9.97 Å². The quantitative estimate of drug-likeness (QED) is 0.162. The summed E-state index contributed by atoms with van der Waals surface area (Å²) in [5.74, 6) is 0. The Kier molecular flexibility index (Phi) is 8.60. The lowest BCUT2D eigenvalue weighted by Crippen LogP contribution is -2.15. The number of aromatic nitrogens is 2. The molecule has 12 aromatic rings. The molecule has 0 spiro atoms. The molecule has 328 valence electrons. The van der Waals surface area contributed by atoms with Crippen LogP contribution < -0.4 is 0 Å². The highest BCUT2D eigenvalue weighted by Crippen LogP contribution is 2.55. The molecule has 0 N–H and O–H groups in total. The fraction of sp³-hybridized carbons (Fsp3) is 0.121. The molecule has 0 radical (unpaired) electrons. The topological polar surface area (TPSA) is 25.8 Å². The maximum atomic E-state index is 6.42. The molecule has 3 aliphatic carbocycles. The Balaban J connectivity index is 0.000000130. The lowest BCUT2D eigenvalue weighted by molar-refractivity contribution is 0.661. The fourth-order valence-electron chi connectivity index (χ4n) is 12.7. The van der Waals surface area contributed by atoms with E-state index in [1.165, 1.54) is 137 Å². The van der Waals surface area contributed by atoms with Crippen molar-refractivity contribution in [1.29, 1.82) is 0 Å². The number of pyridine rings is 2. The second kappa shape index (κ2) is 14.7. The standard InChI is InChI=1S/C33H24ClN.C33H23N/c1-33(2)29-14-13-20(17-32-31(34)12-7-15-35-32)16-27(29)28-18-25-23-10-5-3-8-21(23)22-9-4-6-11-24(22)26(25)19-30(28)33;1-33(2)30-17-25-19(15-32-24(25)12-7-13-34-32)14-28(30)29-16-26-22-10-5-3-8-20(22)21-9-4-6-11-23(21)27(26)18-31(29)33/h3-16,18-19H,17H2,1-2H3;3-14,16-18H,15H2,1-2H3. The average Bonchev–Trinajstić information content (AvgIpc) is 3.94. The minimum atomic E-state index is -0.0627. The summed E-state index contributed by atoms with van der Waals surface area (Å²) in [7, 11) is 0. The van der Waals surface area contributed by atoms with Crippen molar-refractivity contribution in [2.75, 3.05) is 0 Å². The van der Waals surface area contributed by atoms with Gasteiger partial charge in [-0.2, -0.15) is 0 Å². The molecule has 2 aromatic heterocycles. The van der Waals surface area contributed by atoms with Gasteiger partial charge in [0.15, 0.2) is 0 Å². The summed E-state index contributed by atoms with van der Waals surface area (Å²) in [5, 5.41) is 16.7. The van der Waals surface area contributed by atoms with Crippen LogP contribution in [0, 0.1) is 0 Å². The second-order valence-electron chi connectivity index (χ2n) is 20.5. The number of hydrogen-bond donors (Lipinski definition) is 0. The van der Waals surface area contributed by atoms with Gasteiger partial charge >= 0.3 is 0 Å². The van der Waals surface area contributed by atoms with Crippen LogP contribution in [0.25, 0.3) is 98.0 Å².